The average molecular weight is 399 g/mol. The van der Waals surface area contributed by atoms with E-state index in [9.17, 15) is 8.42 Å². The molecule has 0 unspecified atom stereocenters. The van der Waals surface area contributed by atoms with Crippen molar-refractivity contribution in [1.82, 2.24) is 14.4 Å². The molecule has 1 aromatic carbocycles. The summed E-state index contributed by atoms with van der Waals surface area (Å²) < 4.78 is 31.3. The Bertz CT molecular complexity index is 941. The second kappa shape index (κ2) is 7.52. The van der Waals surface area contributed by atoms with Crippen LogP contribution < -0.4 is 5.32 Å². The molecule has 0 bridgehead atoms. The zero-order valence-electron chi connectivity index (χ0n) is 13.2. The van der Waals surface area contributed by atoms with E-state index in [1.165, 1.54) is 22.7 Å². The molecule has 0 aliphatic heterocycles. The Morgan fingerprint density at radius 1 is 1.32 bits per heavy atom. The van der Waals surface area contributed by atoms with Gasteiger partial charge < -0.3 is 9.84 Å². The third-order valence-corrected chi connectivity index (χ3v) is 6.84. The van der Waals surface area contributed by atoms with Gasteiger partial charge in [0.2, 0.25) is 5.82 Å². The largest absolute Gasteiger partial charge is 0.336 e. The number of hydrogen-bond donors (Lipinski definition) is 1. The minimum Gasteiger partial charge on any atom is -0.336 e. The number of sulfonamides is 1. The smallest absolute Gasteiger partial charge is 0.321 e. The highest BCUT2D eigenvalue weighted by atomic mass is 35.5. The lowest BCUT2D eigenvalue weighted by molar-refractivity contribution is 0.428. The quantitative estimate of drug-likeness (QED) is 0.657. The van der Waals surface area contributed by atoms with Gasteiger partial charge in [-0.25, -0.2) is 8.42 Å². The first-order valence-electron chi connectivity index (χ1n) is 7.30. The molecule has 25 heavy (non-hydrogen) atoms. The highest BCUT2D eigenvalue weighted by Gasteiger charge is 2.21. The number of aromatic nitrogens is 2. The van der Waals surface area contributed by atoms with Gasteiger partial charge in [-0.3, -0.25) is 0 Å². The minimum absolute atomic E-state index is 0.219. The van der Waals surface area contributed by atoms with Gasteiger partial charge in [-0.05, 0) is 23.6 Å². The molecule has 0 radical (unpaired) electrons. The molecule has 0 aliphatic carbocycles. The molecular formula is C15H15ClN4O3S2. The molecule has 0 saturated carbocycles. The van der Waals surface area contributed by atoms with Crippen LogP contribution >= 0.6 is 22.9 Å². The highest BCUT2D eigenvalue weighted by molar-refractivity contribution is 7.91. The molecule has 2 heterocycles. The van der Waals surface area contributed by atoms with Crippen molar-refractivity contribution in [1.29, 1.82) is 0 Å². The molecule has 0 aliphatic rings. The molecule has 7 nitrogen and oxygen atoms in total. The van der Waals surface area contributed by atoms with E-state index in [0.717, 1.165) is 5.56 Å². The minimum atomic E-state index is -3.46. The summed E-state index contributed by atoms with van der Waals surface area (Å²) in [6, 6.07) is 10.6. The first-order valence-corrected chi connectivity index (χ1v) is 10.00. The molecule has 1 N–H and O–H groups in total. The second-order valence-corrected chi connectivity index (χ2v) is 8.77. The number of nitrogens with one attached hydrogen (secondary N) is 1. The molecule has 10 heteroatoms. The Hall–Kier alpha value is -1.94. The fourth-order valence-corrected chi connectivity index (χ4v) is 4.61. The van der Waals surface area contributed by atoms with Crippen LogP contribution in [0.25, 0.3) is 11.4 Å². The fraction of sp³-hybridized carbons (Fsp3) is 0.200. The van der Waals surface area contributed by atoms with Crippen molar-refractivity contribution in [3.05, 3.63) is 46.8 Å². The number of halogens is 1. The molecular weight excluding hydrogens is 384 g/mol. The summed E-state index contributed by atoms with van der Waals surface area (Å²) >= 11 is 7.13. The zero-order chi connectivity index (χ0) is 17.9. The fourth-order valence-electron chi connectivity index (χ4n) is 2.04. The summed E-state index contributed by atoms with van der Waals surface area (Å²) in [4.78, 5) is 4.22. The van der Waals surface area contributed by atoms with Crippen molar-refractivity contribution >= 4 is 39.0 Å². The number of hydrogen-bond acceptors (Lipinski definition) is 7. The van der Waals surface area contributed by atoms with Crippen LogP contribution in [0.2, 0.25) is 5.02 Å². The van der Waals surface area contributed by atoms with Crippen LogP contribution in [0.5, 0.6) is 0 Å². The molecule has 0 fully saturated rings. The number of thiophene rings is 1. The molecule has 2 aromatic heterocycles. The Kier molecular flexibility index (Phi) is 5.38. The third-order valence-electron chi connectivity index (χ3n) is 3.37. The van der Waals surface area contributed by atoms with Gasteiger partial charge in [-0.15, -0.1) is 11.3 Å². The predicted molar refractivity (Wildman–Crippen MR) is 97.4 cm³/mol. The van der Waals surface area contributed by atoms with E-state index in [4.69, 9.17) is 16.1 Å². The van der Waals surface area contributed by atoms with E-state index < -0.39 is 10.0 Å². The molecule has 0 spiro atoms. The summed E-state index contributed by atoms with van der Waals surface area (Å²) in [5.74, 6) is 0.407. The van der Waals surface area contributed by atoms with Gasteiger partial charge in [0.1, 0.15) is 4.21 Å². The lowest BCUT2D eigenvalue weighted by Gasteiger charge is -2.15. The van der Waals surface area contributed by atoms with Crippen LogP contribution in [0.3, 0.4) is 0 Å². The van der Waals surface area contributed by atoms with Crippen molar-refractivity contribution in [3.8, 4) is 11.4 Å². The molecule has 0 amide bonds. The van der Waals surface area contributed by atoms with Crippen LogP contribution in [-0.2, 0) is 10.0 Å². The van der Waals surface area contributed by atoms with Gasteiger partial charge in [0.05, 0.1) is 0 Å². The van der Waals surface area contributed by atoms with Crippen LogP contribution in [0, 0.1) is 0 Å². The number of likely N-dealkylation sites (N-methyl/N-ethyl adjacent to an activating group) is 1. The molecule has 0 atom stereocenters. The third kappa shape index (κ3) is 4.18. The van der Waals surface area contributed by atoms with E-state index in [1.54, 1.807) is 35.7 Å². The normalized spacial score (nSPS) is 11.8. The topological polar surface area (TPSA) is 88.3 Å². The molecule has 3 rings (SSSR count). The average Bonchev–Trinajstić information content (AvgIpc) is 3.27. The number of anilines is 1. The summed E-state index contributed by atoms with van der Waals surface area (Å²) in [7, 11) is -1.93. The van der Waals surface area contributed by atoms with E-state index in [-0.39, 0.29) is 12.6 Å². The predicted octanol–water partition coefficient (Wildman–Crippen LogP) is 3.18. The van der Waals surface area contributed by atoms with E-state index in [0.29, 0.717) is 21.6 Å². The second-order valence-electron chi connectivity index (χ2n) is 5.12. The van der Waals surface area contributed by atoms with Crippen molar-refractivity contribution in [2.45, 2.75) is 4.21 Å². The van der Waals surface area contributed by atoms with Gasteiger partial charge in [-0.2, -0.15) is 9.29 Å². The molecule has 3 aromatic rings. The molecule has 0 saturated heterocycles. The highest BCUT2D eigenvalue weighted by Crippen LogP contribution is 2.21. The van der Waals surface area contributed by atoms with Crippen LogP contribution in [0.1, 0.15) is 0 Å². The zero-order valence-corrected chi connectivity index (χ0v) is 15.6. The number of rotatable bonds is 7. The Morgan fingerprint density at radius 2 is 2.16 bits per heavy atom. The van der Waals surface area contributed by atoms with Crippen molar-refractivity contribution in [3.63, 3.8) is 0 Å². The summed E-state index contributed by atoms with van der Waals surface area (Å²) in [5, 5.41) is 9.11. The Balaban J connectivity index is 1.58. The maximum absolute atomic E-state index is 12.3. The van der Waals surface area contributed by atoms with E-state index in [1.807, 2.05) is 6.07 Å². The van der Waals surface area contributed by atoms with E-state index >= 15 is 0 Å². The van der Waals surface area contributed by atoms with Crippen molar-refractivity contribution in [2.75, 3.05) is 25.5 Å². The monoisotopic (exact) mass is 398 g/mol. The van der Waals surface area contributed by atoms with Gasteiger partial charge >= 0.3 is 6.01 Å². The number of benzene rings is 1. The van der Waals surface area contributed by atoms with Crippen LogP contribution in [0.4, 0.5) is 6.01 Å². The van der Waals surface area contributed by atoms with Crippen molar-refractivity contribution in [2.24, 2.45) is 0 Å². The van der Waals surface area contributed by atoms with E-state index in [2.05, 4.69) is 15.5 Å². The van der Waals surface area contributed by atoms with Gasteiger partial charge in [-0.1, -0.05) is 35.0 Å². The standard InChI is InChI=1S/C15H15ClN4O3S2/c1-20(25(21,22)13-6-3-9-24-13)8-7-17-15-18-14(19-23-15)11-4-2-5-12(16)10-11/h2-6,9-10H,7-8H2,1H3,(H,17,18,19). The van der Waals surface area contributed by atoms with Crippen molar-refractivity contribution < 1.29 is 12.9 Å². The van der Waals surface area contributed by atoms with Gasteiger partial charge in [0, 0.05) is 30.7 Å². The van der Waals surface area contributed by atoms with Gasteiger partial charge in [0.15, 0.2) is 0 Å². The first kappa shape index (κ1) is 17.9. The summed E-state index contributed by atoms with van der Waals surface area (Å²) in [5.41, 5.74) is 0.738. The lowest BCUT2D eigenvalue weighted by atomic mass is 10.2. The first-order chi connectivity index (χ1) is 12.0. The van der Waals surface area contributed by atoms with Crippen LogP contribution in [0.15, 0.2) is 50.5 Å². The Labute approximate surface area is 154 Å². The Morgan fingerprint density at radius 3 is 2.88 bits per heavy atom. The van der Waals surface area contributed by atoms with Gasteiger partial charge in [0.25, 0.3) is 10.0 Å². The molecule has 132 valence electrons. The summed E-state index contributed by atoms with van der Waals surface area (Å²) in [6.07, 6.45) is 0. The van der Waals surface area contributed by atoms with Crippen LogP contribution in [-0.4, -0.2) is 43.0 Å². The maximum Gasteiger partial charge on any atom is 0.321 e. The maximum atomic E-state index is 12.3. The summed E-state index contributed by atoms with van der Waals surface area (Å²) in [6.45, 7) is 0.591. The SMILES string of the molecule is CN(CCNc1nc(-c2cccc(Cl)c2)no1)S(=O)(=O)c1cccs1. The lowest BCUT2D eigenvalue weighted by Crippen LogP contribution is -2.31. The number of nitrogens with zero attached hydrogens (tertiary/aromatic N) is 3.